The van der Waals surface area contributed by atoms with Crippen molar-refractivity contribution >= 4 is 28.4 Å². The number of carbonyl (C=O) groups is 1. The second-order valence-electron chi connectivity index (χ2n) is 8.98. The highest BCUT2D eigenvalue weighted by Crippen LogP contribution is 2.45. The van der Waals surface area contributed by atoms with Crippen molar-refractivity contribution in [1.82, 2.24) is 14.1 Å². The van der Waals surface area contributed by atoms with E-state index in [0.29, 0.717) is 17.7 Å². The normalized spacial score (nSPS) is 13.8. The molecule has 5 rings (SSSR count). The van der Waals surface area contributed by atoms with E-state index in [9.17, 15) is 4.79 Å². The topological polar surface area (TPSA) is 96.3 Å². The first-order chi connectivity index (χ1) is 16.4. The van der Waals surface area contributed by atoms with Gasteiger partial charge in [0.15, 0.2) is 0 Å². The summed E-state index contributed by atoms with van der Waals surface area (Å²) in [5.41, 5.74) is 11.2. The summed E-state index contributed by atoms with van der Waals surface area (Å²) in [5.74, 6) is 0.717. The van der Waals surface area contributed by atoms with Gasteiger partial charge in [-0.05, 0) is 57.4 Å². The summed E-state index contributed by atoms with van der Waals surface area (Å²) in [7, 11) is 1.90. The summed E-state index contributed by atoms with van der Waals surface area (Å²) < 4.78 is 15.4. The predicted octanol–water partition coefficient (Wildman–Crippen LogP) is 6.10. The molecule has 1 fully saturated rings. The minimum atomic E-state index is -0.467. The number of benzene rings is 2. The molecule has 0 unspecified atom stereocenters. The zero-order valence-corrected chi connectivity index (χ0v) is 19.6. The maximum atomic E-state index is 11.9. The van der Waals surface area contributed by atoms with E-state index in [1.54, 1.807) is 6.20 Å². The van der Waals surface area contributed by atoms with Crippen LogP contribution >= 0.6 is 0 Å². The van der Waals surface area contributed by atoms with Gasteiger partial charge in [0.25, 0.3) is 0 Å². The molecule has 1 aliphatic carbocycles. The molecule has 2 heterocycles. The zero-order chi connectivity index (χ0) is 23.8. The Hall–Kier alpha value is -3.94. The van der Waals surface area contributed by atoms with Crippen LogP contribution in [0.1, 0.15) is 39.2 Å². The fraction of sp³-hybridized carbons (Fsp3) is 0.308. The zero-order valence-electron chi connectivity index (χ0n) is 19.6. The lowest BCUT2D eigenvalue weighted by molar-refractivity contribution is 0.130. The van der Waals surface area contributed by atoms with E-state index in [0.717, 1.165) is 46.4 Å². The van der Waals surface area contributed by atoms with Crippen molar-refractivity contribution in [1.29, 1.82) is 0 Å². The lowest BCUT2D eigenvalue weighted by Crippen LogP contribution is -2.18. The molecule has 176 valence electrons. The van der Waals surface area contributed by atoms with Crippen LogP contribution in [-0.4, -0.2) is 26.3 Å². The van der Waals surface area contributed by atoms with E-state index >= 15 is 0 Å². The van der Waals surface area contributed by atoms with E-state index in [1.807, 2.05) is 74.1 Å². The molecule has 8 heteroatoms. The summed E-state index contributed by atoms with van der Waals surface area (Å²) in [6, 6.07) is 14.6. The first-order valence-electron chi connectivity index (χ1n) is 11.6. The molecule has 0 spiro atoms. The van der Waals surface area contributed by atoms with Gasteiger partial charge in [0.1, 0.15) is 5.75 Å². The summed E-state index contributed by atoms with van der Waals surface area (Å²) in [6.45, 7) is 3.63. The quantitative estimate of drug-likeness (QED) is 0.363. The molecule has 0 saturated heterocycles. The summed E-state index contributed by atoms with van der Waals surface area (Å²) in [6.07, 6.45) is 6.34. The maximum absolute atomic E-state index is 11.9. The molecule has 1 amide bonds. The number of ether oxygens (including phenoxy) is 2. The van der Waals surface area contributed by atoms with Crippen molar-refractivity contribution in [3.05, 3.63) is 54.9 Å². The van der Waals surface area contributed by atoms with Crippen molar-refractivity contribution in [3.8, 4) is 23.0 Å². The van der Waals surface area contributed by atoms with E-state index < -0.39 is 6.09 Å². The van der Waals surface area contributed by atoms with Crippen LogP contribution in [0.25, 0.3) is 22.2 Å². The Morgan fingerprint density at radius 3 is 2.56 bits per heavy atom. The highest BCUT2D eigenvalue weighted by molar-refractivity contribution is 6.01. The number of anilines is 2. The average Bonchev–Trinajstić information content (AvgIpc) is 3.28. The molecular formula is C26H29N5O3. The third-order valence-electron chi connectivity index (χ3n) is 6.19. The van der Waals surface area contributed by atoms with Crippen LogP contribution in [-0.2, 0) is 11.8 Å². The second kappa shape index (κ2) is 8.78. The summed E-state index contributed by atoms with van der Waals surface area (Å²) in [5, 5.41) is 3.76. The molecule has 0 bridgehead atoms. The van der Waals surface area contributed by atoms with Gasteiger partial charge >= 0.3 is 12.1 Å². The van der Waals surface area contributed by atoms with Crippen LogP contribution in [0.15, 0.2) is 54.9 Å². The van der Waals surface area contributed by atoms with Crippen molar-refractivity contribution in [2.45, 2.75) is 45.3 Å². The Morgan fingerprint density at radius 1 is 1.18 bits per heavy atom. The Kier molecular flexibility index (Phi) is 5.65. The van der Waals surface area contributed by atoms with Crippen molar-refractivity contribution in [2.75, 3.05) is 11.1 Å². The van der Waals surface area contributed by atoms with Crippen molar-refractivity contribution in [3.63, 3.8) is 0 Å². The summed E-state index contributed by atoms with van der Waals surface area (Å²) >= 11 is 0. The van der Waals surface area contributed by atoms with Crippen LogP contribution in [0.3, 0.4) is 0 Å². The smallest absolute Gasteiger partial charge is 0.411 e. The lowest BCUT2D eigenvalue weighted by atomic mass is 9.92. The van der Waals surface area contributed by atoms with Gasteiger partial charge in [-0.25, -0.2) is 9.78 Å². The standard InChI is InChI=1S/C26H29N5O3/c1-16(2)33-26(32)29-18-9-7-17(8-10-18)24-23(27)21-12-11-20(34-25-28-13-14-30(25)3)15-22(21)31(24)19-5-4-6-19/h7-16,19H,4-6,27H2,1-3H3,(H,29,32). The van der Waals surface area contributed by atoms with E-state index in [2.05, 4.69) is 14.9 Å². The van der Waals surface area contributed by atoms with Crippen LogP contribution in [0.5, 0.6) is 11.8 Å². The highest BCUT2D eigenvalue weighted by atomic mass is 16.6. The number of rotatable bonds is 6. The fourth-order valence-electron chi connectivity index (χ4n) is 4.33. The van der Waals surface area contributed by atoms with Gasteiger partial charge in [-0.1, -0.05) is 12.1 Å². The third-order valence-corrected chi connectivity index (χ3v) is 6.19. The number of fused-ring (bicyclic) bond motifs is 1. The minimum absolute atomic E-state index is 0.177. The molecule has 3 N–H and O–H groups in total. The van der Waals surface area contributed by atoms with Gasteiger partial charge in [0.05, 0.1) is 23.0 Å². The van der Waals surface area contributed by atoms with Gasteiger partial charge in [0, 0.05) is 48.2 Å². The SMILES string of the molecule is CC(C)OC(=O)Nc1ccc(-c2c(N)c3ccc(Oc4nccn4C)cc3n2C2CCC2)cc1. The second-order valence-corrected chi connectivity index (χ2v) is 8.98. The number of hydrogen-bond acceptors (Lipinski definition) is 5. The molecule has 0 aliphatic heterocycles. The number of aryl methyl sites for hydroxylation is 1. The number of nitrogens with zero attached hydrogens (tertiary/aromatic N) is 3. The van der Waals surface area contributed by atoms with Gasteiger partial charge < -0.3 is 24.3 Å². The van der Waals surface area contributed by atoms with Gasteiger partial charge in [-0.3, -0.25) is 5.32 Å². The molecule has 2 aromatic carbocycles. The van der Waals surface area contributed by atoms with E-state index in [1.165, 1.54) is 6.42 Å². The number of hydrogen-bond donors (Lipinski definition) is 2. The third kappa shape index (κ3) is 4.07. The number of nitrogens with one attached hydrogen (secondary N) is 1. The van der Waals surface area contributed by atoms with Crippen molar-refractivity contribution < 1.29 is 14.3 Å². The number of nitrogens with two attached hydrogens (primary N) is 1. The van der Waals surface area contributed by atoms with Crippen LogP contribution in [0.4, 0.5) is 16.2 Å². The fourth-order valence-corrected chi connectivity index (χ4v) is 4.33. The molecule has 1 saturated carbocycles. The number of aromatic nitrogens is 3. The van der Waals surface area contributed by atoms with Crippen molar-refractivity contribution in [2.24, 2.45) is 7.05 Å². The van der Waals surface area contributed by atoms with Gasteiger partial charge in [0.2, 0.25) is 0 Å². The largest absolute Gasteiger partial charge is 0.447 e. The first-order valence-corrected chi connectivity index (χ1v) is 11.6. The van der Waals surface area contributed by atoms with Crippen LogP contribution < -0.4 is 15.8 Å². The minimum Gasteiger partial charge on any atom is -0.447 e. The first kappa shape index (κ1) is 21.9. The lowest BCUT2D eigenvalue weighted by Gasteiger charge is -2.30. The van der Waals surface area contributed by atoms with Gasteiger partial charge in [-0.15, -0.1) is 0 Å². The average molecular weight is 460 g/mol. The van der Waals surface area contributed by atoms with E-state index in [-0.39, 0.29) is 6.10 Å². The van der Waals surface area contributed by atoms with E-state index in [4.69, 9.17) is 15.2 Å². The molecule has 8 nitrogen and oxygen atoms in total. The number of carbonyl (C=O) groups excluding carboxylic acids is 1. The molecule has 0 atom stereocenters. The number of imidazole rings is 1. The number of amides is 1. The van der Waals surface area contributed by atoms with Crippen LogP contribution in [0, 0.1) is 0 Å². The molecule has 2 aromatic heterocycles. The Bertz CT molecular complexity index is 1330. The van der Waals surface area contributed by atoms with Gasteiger partial charge in [-0.2, -0.15) is 0 Å². The van der Waals surface area contributed by atoms with Crippen LogP contribution in [0.2, 0.25) is 0 Å². The molecular weight excluding hydrogens is 430 g/mol. The molecule has 34 heavy (non-hydrogen) atoms. The highest BCUT2D eigenvalue weighted by Gasteiger charge is 2.27. The Labute approximate surface area is 198 Å². The predicted molar refractivity (Wildman–Crippen MR) is 133 cm³/mol. The Morgan fingerprint density at radius 2 is 1.94 bits per heavy atom. The molecule has 0 radical (unpaired) electrons. The monoisotopic (exact) mass is 459 g/mol. The maximum Gasteiger partial charge on any atom is 0.411 e. The molecule has 1 aliphatic rings. The molecule has 4 aromatic rings. The summed E-state index contributed by atoms with van der Waals surface area (Å²) in [4.78, 5) is 16.2. The number of nitrogen functional groups attached to an aromatic ring is 1. The Balaban J connectivity index is 1.52.